The van der Waals surface area contributed by atoms with E-state index in [4.69, 9.17) is 0 Å². The molecule has 0 aliphatic carbocycles. The highest BCUT2D eigenvalue weighted by molar-refractivity contribution is 5.91. The maximum atomic E-state index is 12.0. The van der Waals surface area contributed by atoms with E-state index in [2.05, 4.69) is 20.7 Å². The molecule has 1 saturated heterocycles. The van der Waals surface area contributed by atoms with Crippen molar-refractivity contribution >= 4 is 23.4 Å². The van der Waals surface area contributed by atoms with Gasteiger partial charge in [-0.1, -0.05) is 0 Å². The van der Waals surface area contributed by atoms with Gasteiger partial charge in [0.15, 0.2) is 0 Å². The minimum Gasteiger partial charge on any atom is -0.453 e. The first kappa shape index (κ1) is 15.3. The van der Waals surface area contributed by atoms with Crippen LogP contribution in [0.2, 0.25) is 0 Å². The van der Waals surface area contributed by atoms with E-state index in [1.165, 1.54) is 7.11 Å². The smallest absolute Gasteiger partial charge is 0.411 e. The first-order chi connectivity index (χ1) is 10.2. The standard InChI is InChI=1S/C15H21N3O3/c1-21-15(20)18-13-4-2-12(3-5-13)17-14(19)10-11-6-8-16-9-7-11/h2-5,11,16H,6-10H2,1H3,(H,17,19)(H,18,20). The average molecular weight is 291 g/mol. The van der Waals surface area contributed by atoms with Crippen LogP contribution < -0.4 is 16.0 Å². The Morgan fingerprint density at radius 1 is 1.14 bits per heavy atom. The van der Waals surface area contributed by atoms with Gasteiger partial charge in [0.2, 0.25) is 5.91 Å². The maximum absolute atomic E-state index is 12.0. The van der Waals surface area contributed by atoms with Crippen LogP contribution in [0.3, 0.4) is 0 Å². The number of rotatable bonds is 4. The number of hydrogen-bond acceptors (Lipinski definition) is 4. The monoisotopic (exact) mass is 291 g/mol. The SMILES string of the molecule is COC(=O)Nc1ccc(NC(=O)CC2CCNCC2)cc1. The molecule has 1 heterocycles. The fourth-order valence-electron chi connectivity index (χ4n) is 2.37. The van der Waals surface area contributed by atoms with Gasteiger partial charge in [-0.15, -0.1) is 0 Å². The molecule has 0 unspecified atom stereocenters. The predicted octanol–water partition coefficient (Wildman–Crippen LogP) is 2.19. The number of nitrogens with one attached hydrogen (secondary N) is 3. The van der Waals surface area contributed by atoms with Crippen LogP contribution in [0.4, 0.5) is 16.2 Å². The van der Waals surface area contributed by atoms with Crippen LogP contribution in [0.1, 0.15) is 19.3 Å². The molecule has 2 amide bonds. The van der Waals surface area contributed by atoms with E-state index in [1.807, 2.05) is 0 Å². The molecule has 1 aromatic rings. The number of ether oxygens (including phenoxy) is 1. The summed E-state index contributed by atoms with van der Waals surface area (Å²) < 4.78 is 4.51. The van der Waals surface area contributed by atoms with Crippen molar-refractivity contribution in [1.29, 1.82) is 0 Å². The average Bonchev–Trinajstić information content (AvgIpc) is 2.50. The van der Waals surface area contributed by atoms with Crippen LogP contribution in [-0.2, 0) is 9.53 Å². The molecule has 0 spiro atoms. The van der Waals surface area contributed by atoms with E-state index >= 15 is 0 Å². The fraction of sp³-hybridized carbons (Fsp3) is 0.467. The van der Waals surface area contributed by atoms with E-state index in [0.717, 1.165) is 31.6 Å². The highest BCUT2D eigenvalue weighted by atomic mass is 16.5. The van der Waals surface area contributed by atoms with Crippen LogP contribution >= 0.6 is 0 Å². The molecule has 1 aromatic carbocycles. The molecule has 21 heavy (non-hydrogen) atoms. The molecule has 2 rings (SSSR count). The summed E-state index contributed by atoms with van der Waals surface area (Å²) in [6.45, 7) is 1.98. The lowest BCUT2D eigenvalue weighted by atomic mass is 9.94. The number of carbonyl (C=O) groups excluding carboxylic acids is 2. The molecule has 6 heteroatoms. The molecule has 0 aromatic heterocycles. The lowest BCUT2D eigenvalue weighted by Gasteiger charge is -2.21. The number of anilines is 2. The third kappa shape index (κ3) is 5.07. The summed E-state index contributed by atoms with van der Waals surface area (Å²) in [6.07, 6.45) is 2.15. The van der Waals surface area contributed by atoms with Crippen molar-refractivity contribution in [2.24, 2.45) is 5.92 Å². The number of methoxy groups -OCH3 is 1. The third-order valence-electron chi connectivity index (χ3n) is 3.53. The summed E-state index contributed by atoms with van der Waals surface area (Å²) in [5.41, 5.74) is 1.35. The van der Waals surface area contributed by atoms with Crippen molar-refractivity contribution in [3.05, 3.63) is 24.3 Å². The second kappa shape index (κ2) is 7.64. The van der Waals surface area contributed by atoms with E-state index in [9.17, 15) is 9.59 Å². The Balaban J connectivity index is 1.81. The Morgan fingerprint density at radius 2 is 1.71 bits per heavy atom. The van der Waals surface area contributed by atoms with Crippen LogP contribution in [-0.4, -0.2) is 32.2 Å². The van der Waals surface area contributed by atoms with Crippen LogP contribution in [0.5, 0.6) is 0 Å². The highest BCUT2D eigenvalue weighted by Gasteiger charge is 2.16. The van der Waals surface area contributed by atoms with Crippen molar-refractivity contribution in [3.63, 3.8) is 0 Å². The van der Waals surface area contributed by atoms with Gasteiger partial charge in [0.05, 0.1) is 7.11 Å². The van der Waals surface area contributed by atoms with Gasteiger partial charge in [0.25, 0.3) is 0 Å². The molecule has 3 N–H and O–H groups in total. The summed E-state index contributed by atoms with van der Waals surface area (Å²) in [5, 5.41) is 8.73. The predicted molar refractivity (Wildman–Crippen MR) is 81.3 cm³/mol. The van der Waals surface area contributed by atoms with Crippen LogP contribution in [0.15, 0.2) is 24.3 Å². The van der Waals surface area contributed by atoms with Gasteiger partial charge in [-0.05, 0) is 56.1 Å². The zero-order chi connectivity index (χ0) is 15.1. The Labute approximate surface area is 124 Å². The van der Waals surface area contributed by atoms with Gasteiger partial charge in [0, 0.05) is 17.8 Å². The fourth-order valence-corrected chi connectivity index (χ4v) is 2.37. The lowest BCUT2D eigenvalue weighted by Crippen LogP contribution is -2.30. The van der Waals surface area contributed by atoms with Crippen molar-refractivity contribution < 1.29 is 14.3 Å². The quantitative estimate of drug-likeness (QED) is 0.794. The summed E-state index contributed by atoms with van der Waals surface area (Å²) in [7, 11) is 1.31. The highest BCUT2D eigenvalue weighted by Crippen LogP contribution is 2.18. The van der Waals surface area contributed by atoms with E-state index in [-0.39, 0.29) is 5.91 Å². The van der Waals surface area contributed by atoms with Crippen LogP contribution in [0.25, 0.3) is 0 Å². The van der Waals surface area contributed by atoms with E-state index in [1.54, 1.807) is 24.3 Å². The van der Waals surface area contributed by atoms with Gasteiger partial charge in [-0.3, -0.25) is 10.1 Å². The lowest BCUT2D eigenvalue weighted by molar-refractivity contribution is -0.117. The van der Waals surface area contributed by atoms with Crippen LogP contribution in [0, 0.1) is 5.92 Å². The number of benzene rings is 1. The largest absolute Gasteiger partial charge is 0.453 e. The van der Waals surface area contributed by atoms with Crippen molar-refractivity contribution in [1.82, 2.24) is 5.32 Å². The Morgan fingerprint density at radius 3 is 2.29 bits per heavy atom. The minimum absolute atomic E-state index is 0.0376. The Bertz CT molecular complexity index is 481. The van der Waals surface area contributed by atoms with Crippen molar-refractivity contribution in [2.45, 2.75) is 19.3 Å². The first-order valence-corrected chi connectivity index (χ1v) is 7.13. The number of hydrogen-bond donors (Lipinski definition) is 3. The van der Waals surface area contributed by atoms with E-state index < -0.39 is 6.09 Å². The normalized spacial score (nSPS) is 15.3. The maximum Gasteiger partial charge on any atom is 0.411 e. The van der Waals surface area contributed by atoms with Gasteiger partial charge >= 0.3 is 6.09 Å². The molecular weight excluding hydrogens is 270 g/mol. The third-order valence-corrected chi connectivity index (χ3v) is 3.53. The van der Waals surface area contributed by atoms with Gasteiger partial charge in [-0.25, -0.2) is 4.79 Å². The molecule has 0 saturated carbocycles. The van der Waals surface area contributed by atoms with E-state index in [0.29, 0.717) is 18.0 Å². The van der Waals surface area contributed by atoms with Crippen molar-refractivity contribution in [2.75, 3.05) is 30.8 Å². The Hall–Kier alpha value is -2.08. The summed E-state index contributed by atoms with van der Waals surface area (Å²) in [6, 6.07) is 6.95. The number of carbonyl (C=O) groups is 2. The molecule has 0 bridgehead atoms. The van der Waals surface area contributed by atoms with Gasteiger partial charge < -0.3 is 15.4 Å². The topological polar surface area (TPSA) is 79.5 Å². The Kier molecular flexibility index (Phi) is 5.57. The second-order valence-corrected chi connectivity index (χ2v) is 5.14. The molecule has 1 aliphatic rings. The number of amides is 2. The zero-order valence-corrected chi connectivity index (χ0v) is 12.1. The molecular formula is C15H21N3O3. The molecule has 1 aliphatic heterocycles. The number of piperidine rings is 1. The van der Waals surface area contributed by atoms with Gasteiger partial charge in [0.1, 0.15) is 0 Å². The minimum atomic E-state index is -0.516. The van der Waals surface area contributed by atoms with Crippen molar-refractivity contribution in [3.8, 4) is 0 Å². The summed E-state index contributed by atoms with van der Waals surface area (Å²) >= 11 is 0. The summed E-state index contributed by atoms with van der Waals surface area (Å²) in [4.78, 5) is 23.0. The molecule has 6 nitrogen and oxygen atoms in total. The second-order valence-electron chi connectivity index (χ2n) is 5.14. The molecule has 0 atom stereocenters. The molecule has 0 radical (unpaired) electrons. The molecule has 114 valence electrons. The zero-order valence-electron chi connectivity index (χ0n) is 12.1. The van der Waals surface area contributed by atoms with Gasteiger partial charge in [-0.2, -0.15) is 0 Å². The first-order valence-electron chi connectivity index (χ1n) is 7.13. The summed E-state index contributed by atoms with van der Waals surface area (Å²) in [5.74, 6) is 0.502. The molecule has 1 fully saturated rings.